The SMILES string of the molecule is CC1CCC2(C)CC(C)CC(C)(C1)[C@H]2C(C)C. The molecule has 0 saturated heterocycles. The van der Waals surface area contributed by atoms with Gasteiger partial charge in [0.15, 0.2) is 0 Å². The summed E-state index contributed by atoms with van der Waals surface area (Å²) in [6.07, 6.45) is 7.34. The first-order valence-electron chi connectivity index (χ1n) is 7.77. The van der Waals surface area contributed by atoms with E-state index in [1.54, 1.807) is 0 Å². The summed E-state index contributed by atoms with van der Waals surface area (Å²) in [7, 11) is 0. The Balaban J connectivity index is 2.41. The van der Waals surface area contributed by atoms with E-state index in [-0.39, 0.29) is 0 Å². The van der Waals surface area contributed by atoms with Crippen LogP contribution in [0, 0.1) is 34.5 Å². The lowest BCUT2D eigenvalue weighted by molar-refractivity contribution is -0.0612. The van der Waals surface area contributed by atoms with Crippen molar-refractivity contribution in [3.63, 3.8) is 0 Å². The second kappa shape index (κ2) is 4.28. The summed E-state index contributed by atoms with van der Waals surface area (Å²) < 4.78 is 0. The maximum atomic E-state index is 2.60. The van der Waals surface area contributed by atoms with Crippen LogP contribution in [-0.2, 0) is 0 Å². The molecule has 0 nitrogen and oxygen atoms in total. The molecule has 2 rings (SSSR count). The quantitative estimate of drug-likeness (QED) is 0.562. The van der Waals surface area contributed by atoms with Gasteiger partial charge in [0.05, 0.1) is 0 Å². The Morgan fingerprint density at radius 3 is 2.00 bits per heavy atom. The van der Waals surface area contributed by atoms with Gasteiger partial charge in [0.25, 0.3) is 0 Å². The van der Waals surface area contributed by atoms with E-state index < -0.39 is 0 Å². The third-order valence-corrected chi connectivity index (χ3v) is 5.82. The summed E-state index contributed by atoms with van der Waals surface area (Å²) in [5.41, 5.74) is 1.22. The third kappa shape index (κ3) is 2.29. The maximum absolute atomic E-state index is 2.60. The Morgan fingerprint density at radius 2 is 1.41 bits per heavy atom. The predicted octanol–water partition coefficient (Wildman–Crippen LogP) is 5.52. The van der Waals surface area contributed by atoms with Gasteiger partial charge in [-0.05, 0) is 60.2 Å². The lowest BCUT2D eigenvalue weighted by Crippen LogP contribution is -2.47. The zero-order valence-corrected chi connectivity index (χ0v) is 12.8. The highest BCUT2D eigenvalue weighted by Crippen LogP contribution is 2.62. The lowest BCUT2D eigenvalue weighted by Gasteiger charge is -2.55. The second-order valence-electron chi connectivity index (χ2n) is 8.39. The highest BCUT2D eigenvalue weighted by Gasteiger charge is 2.53. The van der Waals surface area contributed by atoms with Crippen LogP contribution < -0.4 is 0 Å². The van der Waals surface area contributed by atoms with E-state index in [1.165, 1.54) is 32.1 Å². The Morgan fingerprint density at radius 1 is 0.882 bits per heavy atom. The van der Waals surface area contributed by atoms with E-state index in [0.717, 1.165) is 23.7 Å². The summed E-state index contributed by atoms with van der Waals surface area (Å²) in [6.45, 7) is 15.1. The normalized spacial score (nSPS) is 51.4. The summed E-state index contributed by atoms with van der Waals surface area (Å²) in [5.74, 6) is 3.66. The summed E-state index contributed by atoms with van der Waals surface area (Å²) in [4.78, 5) is 0. The molecule has 2 bridgehead atoms. The number of hydrogen-bond acceptors (Lipinski definition) is 0. The van der Waals surface area contributed by atoms with E-state index in [2.05, 4.69) is 41.5 Å². The van der Waals surface area contributed by atoms with E-state index in [9.17, 15) is 0 Å². The first-order valence-corrected chi connectivity index (χ1v) is 7.77. The van der Waals surface area contributed by atoms with E-state index in [4.69, 9.17) is 0 Å². The molecule has 4 unspecified atom stereocenters. The van der Waals surface area contributed by atoms with Gasteiger partial charge in [0, 0.05) is 0 Å². The number of hydrogen-bond donors (Lipinski definition) is 0. The van der Waals surface area contributed by atoms with Crippen molar-refractivity contribution in [2.24, 2.45) is 34.5 Å². The van der Waals surface area contributed by atoms with Crippen molar-refractivity contribution >= 4 is 0 Å². The fraction of sp³-hybridized carbons (Fsp3) is 1.00. The molecule has 0 amide bonds. The fourth-order valence-electron chi connectivity index (χ4n) is 6.31. The number of fused-ring (bicyclic) bond motifs is 2. The standard InChI is InChI=1S/C17H32/c1-12(2)15-16(5)8-7-13(3)9-17(15,6)11-14(4)10-16/h12-15H,7-11H2,1-6H3/t13?,14?,15-,16?,17?/m0/s1. The van der Waals surface area contributed by atoms with E-state index >= 15 is 0 Å². The second-order valence-corrected chi connectivity index (χ2v) is 8.39. The molecule has 0 heteroatoms. The van der Waals surface area contributed by atoms with Crippen LogP contribution in [0.5, 0.6) is 0 Å². The van der Waals surface area contributed by atoms with Gasteiger partial charge >= 0.3 is 0 Å². The van der Waals surface area contributed by atoms with Gasteiger partial charge in [-0.2, -0.15) is 0 Å². The van der Waals surface area contributed by atoms with Crippen LogP contribution in [0.4, 0.5) is 0 Å². The van der Waals surface area contributed by atoms with Gasteiger partial charge in [-0.1, -0.05) is 48.0 Å². The molecule has 0 radical (unpaired) electrons. The topological polar surface area (TPSA) is 0 Å². The van der Waals surface area contributed by atoms with Gasteiger partial charge < -0.3 is 0 Å². The summed E-state index contributed by atoms with van der Waals surface area (Å²) >= 11 is 0. The minimum Gasteiger partial charge on any atom is -0.0625 e. The van der Waals surface area contributed by atoms with Crippen LogP contribution in [0.1, 0.15) is 73.6 Å². The Bertz CT molecular complexity index is 280. The molecular formula is C17H32. The van der Waals surface area contributed by atoms with Crippen LogP contribution in [0.25, 0.3) is 0 Å². The molecule has 0 aromatic heterocycles. The van der Waals surface area contributed by atoms with Gasteiger partial charge in [0.2, 0.25) is 0 Å². The molecule has 2 saturated carbocycles. The van der Waals surface area contributed by atoms with Crippen molar-refractivity contribution in [3.05, 3.63) is 0 Å². The lowest BCUT2D eigenvalue weighted by atomic mass is 9.50. The number of rotatable bonds is 1. The predicted molar refractivity (Wildman–Crippen MR) is 76.0 cm³/mol. The molecule has 0 spiro atoms. The van der Waals surface area contributed by atoms with Crippen molar-refractivity contribution in [1.29, 1.82) is 0 Å². The highest BCUT2D eigenvalue weighted by atomic mass is 14.6. The minimum atomic E-state index is 0.608. The third-order valence-electron chi connectivity index (χ3n) is 5.82. The molecule has 17 heavy (non-hydrogen) atoms. The van der Waals surface area contributed by atoms with Crippen molar-refractivity contribution in [1.82, 2.24) is 0 Å². The Kier molecular flexibility index (Phi) is 3.38. The first kappa shape index (κ1) is 13.4. The van der Waals surface area contributed by atoms with Gasteiger partial charge in [-0.15, -0.1) is 0 Å². The molecule has 0 aromatic rings. The van der Waals surface area contributed by atoms with Crippen molar-refractivity contribution in [2.45, 2.75) is 73.6 Å². The van der Waals surface area contributed by atoms with E-state index in [1.807, 2.05) is 0 Å². The van der Waals surface area contributed by atoms with Crippen LogP contribution in [0.2, 0.25) is 0 Å². The summed E-state index contributed by atoms with van der Waals surface area (Å²) in [6, 6.07) is 0. The molecule has 2 aliphatic rings. The average Bonchev–Trinajstić information content (AvgIpc) is 2.16. The van der Waals surface area contributed by atoms with Crippen molar-refractivity contribution < 1.29 is 0 Å². The van der Waals surface area contributed by atoms with Crippen LogP contribution in [-0.4, -0.2) is 0 Å². The van der Waals surface area contributed by atoms with Crippen molar-refractivity contribution in [3.8, 4) is 0 Å². The molecule has 2 aliphatic carbocycles. The molecule has 0 aromatic carbocycles. The molecule has 0 N–H and O–H groups in total. The molecule has 2 fully saturated rings. The van der Waals surface area contributed by atoms with E-state index in [0.29, 0.717) is 10.8 Å². The zero-order chi connectivity index (χ0) is 12.8. The monoisotopic (exact) mass is 236 g/mol. The van der Waals surface area contributed by atoms with Crippen LogP contribution in [0.15, 0.2) is 0 Å². The Labute approximate surface area is 109 Å². The van der Waals surface area contributed by atoms with Gasteiger partial charge in [-0.3, -0.25) is 0 Å². The van der Waals surface area contributed by atoms with Crippen LogP contribution >= 0.6 is 0 Å². The molecule has 5 atom stereocenters. The van der Waals surface area contributed by atoms with Gasteiger partial charge in [0.1, 0.15) is 0 Å². The molecule has 0 aliphatic heterocycles. The molecule has 0 heterocycles. The zero-order valence-electron chi connectivity index (χ0n) is 12.8. The average molecular weight is 236 g/mol. The van der Waals surface area contributed by atoms with Crippen molar-refractivity contribution in [2.75, 3.05) is 0 Å². The summed E-state index contributed by atoms with van der Waals surface area (Å²) in [5, 5.41) is 0. The first-order chi connectivity index (χ1) is 7.77. The molecular weight excluding hydrogens is 204 g/mol. The largest absolute Gasteiger partial charge is 0.0625 e. The molecule has 100 valence electrons. The van der Waals surface area contributed by atoms with Gasteiger partial charge in [-0.25, -0.2) is 0 Å². The maximum Gasteiger partial charge on any atom is -0.0283 e. The minimum absolute atomic E-state index is 0.608. The Hall–Kier alpha value is 0. The fourth-order valence-corrected chi connectivity index (χ4v) is 6.31. The highest BCUT2D eigenvalue weighted by molar-refractivity contribution is 5.02. The van der Waals surface area contributed by atoms with Crippen LogP contribution in [0.3, 0.4) is 0 Å². The smallest absolute Gasteiger partial charge is 0.0283 e.